The molecule has 0 aliphatic carbocycles. The molecule has 0 spiro atoms. The van der Waals surface area contributed by atoms with Crippen molar-refractivity contribution in [1.82, 2.24) is 4.57 Å². The summed E-state index contributed by atoms with van der Waals surface area (Å²) in [7, 11) is 1.92. The zero-order valence-corrected chi connectivity index (χ0v) is 9.38. The van der Waals surface area contributed by atoms with E-state index in [1.165, 1.54) is 6.07 Å². The fourth-order valence-corrected chi connectivity index (χ4v) is 1.95. The molecule has 0 fully saturated rings. The Morgan fingerprint density at radius 1 is 1.12 bits per heavy atom. The Morgan fingerprint density at radius 2 is 1.94 bits per heavy atom. The number of para-hydroxylation sites is 1. The Kier molecular flexibility index (Phi) is 2.11. The van der Waals surface area contributed by atoms with Crippen molar-refractivity contribution in [2.45, 2.75) is 0 Å². The third-order valence-electron chi connectivity index (χ3n) is 2.83. The summed E-state index contributed by atoms with van der Waals surface area (Å²) in [4.78, 5) is 11.9. The maximum Gasteiger partial charge on any atom is 0.193 e. The van der Waals surface area contributed by atoms with E-state index in [0.717, 1.165) is 5.69 Å². The summed E-state index contributed by atoms with van der Waals surface area (Å²) in [5.41, 5.74) is 1.51. The van der Waals surface area contributed by atoms with Crippen LogP contribution in [0, 0.1) is 0 Å². The average Bonchev–Trinajstić information content (AvgIpc) is 2.75. The summed E-state index contributed by atoms with van der Waals surface area (Å²) in [6.07, 6.45) is 1.92. The van der Waals surface area contributed by atoms with Gasteiger partial charge >= 0.3 is 0 Å². The molecular weight excluding hydrogens is 214 g/mol. The van der Waals surface area contributed by atoms with Gasteiger partial charge < -0.3 is 8.98 Å². The molecule has 0 amide bonds. The monoisotopic (exact) mass is 225 g/mol. The highest BCUT2D eigenvalue weighted by atomic mass is 16.3. The third-order valence-corrected chi connectivity index (χ3v) is 2.83. The van der Waals surface area contributed by atoms with Gasteiger partial charge in [0.05, 0.1) is 11.1 Å². The topological polar surface area (TPSA) is 35.1 Å². The van der Waals surface area contributed by atoms with Crippen molar-refractivity contribution in [3.8, 4) is 11.5 Å². The fraction of sp³-hybridized carbons (Fsp3) is 0.0714. The third kappa shape index (κ3) is 1.56. The molecule has 0 radical (unpaired) electrons. The Balaban J connectivity index is 2.33. The largest absolute Gasteiger partial charge is 0.454 e. The smallest absolute Gasteiger partial charge is 0.193 e. The van der Waals surface area contributed by atoms with Crippen molar-refractivity contribution in [2.75, 3.05) is 0 Å². The first-order valence-corrected chi connectivity index (χ1v) is 5.40. The molecule has 0 atom stereocenters. The molecule has 0 aliphatic rings. The summed E-state index contributed by atoms with van der Waals surface area (Å²) < 4.78 is 7.67. The lowest BCUT2D eigenvalue weighted by atomic mass is 10.2. The normalized spacial score (nSPS) is 10.9. The molecule has 2 heterocycles. The maximum atomic E-state index is 11.9. The first kappa shape index (κ1) is 9.90. The highest BCUT2D eigenvalue weighted by molar-refractivity contribution is 5.78. The lowest BCUT2D eigenvalue weighted by Gasteiger charge is -2.03. The van der Waals surface area contributed by atoms with Crippen LogP contribution in [0.4, 0.5) is 0 Å². The van der Waals surface area contributed by atoms with Crippen molar-refractivity contribution >= 4 is 11.0 Å². The highest BCUT2D eigenvalue weighted by Crippen LogP contribution is 2.21. The summed E-state index contributed by atoms with van der Waals surface area (Å²) >= 11 is 0. The van der Waals surface area contributed by atoms with Gasteiger partial charge in [-0.1, -0.05) is 12.1 Å². The van der Waals surface area contributed by atoms with Crippen LogP contribution in [-0.4, -0.2) is 4.57 Å². The van der Waals surface area contributed by atoms with Gasteiger partial charge in [0.15, 0.2) is 11.2 Å². The summed E-state index contributed by atoms with van der Waals surface area (Å²) in [5.74, 6) is 0.598. The average molecular weight is 225 g/mol. The van der Waals surface area contributed by atoms with Gasteiger partial charge in [-0.05, 0) is 24.3 Å². The minimum absolute atomic E-state index is 0.0111. The Labute approximate surface area is 97.9 Å². The highest BCUT2D eigenvalue weighted by Gasteiger charge is 2.08. The SMILES string of the molecule is Cn1cccc1-c1cc(=O)c2ccccc2o1. The number of aromatic nitrogens is 1. The van der Waals surface area contributed by atoms with E-state index >= 15 is 0 Å². The number of hydrogen-bond donors (Lipinski definition) is 0. The molecule has 0 unspecified atom stereocenters. The molecule has 84 valence electrons. The molecule has 0 bridgehead atoms. The second-order valence-electron chi connectivity index (χ2n) is 3.98. The molecule has 2 aromatic heterocycles. The zero-order chi connectivity index (χ0) is 11.8. The molecular formula is C14H11NO2. The van der Waals surface area contributed by atoms with Crippen LogP contribution in [0.2, 0.25) is 0 Å². The van der Waals surface area contributed by atoms with Crippen molar-refractivity contribution in [2.24, 2.45) is 7.05 Å². The number of fused-ring (bicyclic) bond motifs is 1. The first-order chi connectivity index (χ1) is 8.25. The van der Waals surface area contributed by atoms with Gasteiger partial charge in [0.1, 0.15) is 5.58 Å². The van der Waals surface area contributed by atoms with Gasteiger partial charge in [-0.3, -0.25) is 4.79 Å². The zero-order valence-electron chi connectivity index (χ0n) is 9.38. The number of aryl methyl sites for hydroxylation is 1. The Bertz CT molecular complexity index is 737. The van der Waals surface area contributed by atoms with E-state index in [1.807, 2.05) is 48.1 Å². The Hall–Kier alpha value is -2.29. The van der Waals surface area contributed by atoms with Crippen LogP contribution in [0.1, 0.15) is 0 Å². The van der Waals surface area contributed by atoms with Crippen LogP contribution in [0.15, 0.2) is 57.9 Å². The van der Waals surface area contributed by atoms with E-state index in [1.54, 1.807) is 6.07 Å². The van der Waals surface area contributed by atoms with E-state index in [9.17, 15) is 4.79 Å². The van der Waals surface area contributed by atoms with Crippen LogP contribution < -0.4 is 5.43 Å². The van der Waals surface area contributed by atoms with Gasteiger partial charge in [-0.2, -0.15) is 0 Å². The quantitative estimate of drug-likeness (QED) is 0.638. The van der Waals surface area contributed by atoms with Crippen molar-refractivity contribution in [3.63, 3.8) is 0 Å². The minimum atomic E-state index is -0.0111. The van der Waals surface area contributed by atoms with Crippen LogP contribution in [0.3, 0.4) is 0 Å². The summed E-state index contributed by atoms with van der Waals surface area (Å²) in [5, 5.41) is 0.616. The summed E-state index contributed by atoms with van der Waals surface area (Å²) in [6.45, 7) is 0. The van der Waals surface area contributed by atoms with Crippen LogP contribution in [0.25, 0.3) is 22.4 Å². The molecule has 3 heteroatoms. The van der Waals surface area contributed by atoms with Gasteiger partial charge in [0, 0.05) is 19.3 Å². The molecule has 0 aliphatic heterocycles. The lowest BCUT2D eigenvalue weighted by molar-refractivity contribution is 0.611. The molecule has 3 aromatic rings. The van der Waals surface area contributed by atoms with Crippen molar-refractivity contribution < 1.29 is 4.42 Å². The minimum Gasteiger partial charge on any atom is -0.454 e. The van der Waals surface area contributed by atoms with Crippen LogP contribution in [0.5, 0.6) is 0 Å². The second kappa shape index (κ2) is 3.63. The fourth-order valence-electron chi connectivity index (χ4n) is 1.95. The van der Waals surface area contributed by atoms with Crippen molar-refractivity contribution in [1.29, 1.82) is 0 Å². The Morgan fingerprint density at radius 3 is 2.71 bits per heavy atom. The maximum absolute atomic E-state index is 11.9. The molecule has 0 saturated carbocycles. The van der Waals surface area contributed by atoms with E-state index < -0.39 is 0 Å². The molecule has 17 heavy (non-hydrogen) atoms. The van der Waals surface area contributed by atoms with E-state index in [0.29, 0.717) is 16.7 Å². The molecule has 3 rings (SSSR count). The molecule has 0 saturated heterocycles. The first-order valence-electron chi connectivity index (χ1n) is 5.40. The van der Waals surface area contributed by atoms with Crippen molar-refractivity contribution in [3.05, 3.63) is 58.9 Å². The van der Waals surface area contributed by atoms with Gasteiger partial charge in [0.2, 0.25) is 0 Å². The van der Waals surface area contributed by atoms with E-state index in [4.69, 9.17) is 4.42 Å². The van der Waals surface area contributed by atoms with E-state index in [-0.39, 0.29) is 5.43 Å². The van der Waals surface area contributed by atoms with Gasteiger partial charge in [-0.25, -0.2) is 0 Å². The van der Waals surface area contributed by atoms with Crippen LogP contribution >= 0.6 is 0 Å². The molecule has 1 aromatic carbocycles. The second-order valence-corrected chi connectivity index (χ2v) is 3.98. The van der Waals surface area contributed by atoms with Gasteiger partial charge in [-0.15, -0.1) is 0 Å². The predicted molar refractivity (Wildman–Crippen MR) is 66.9 cm³/mol. The molecule has 0 N–H and O–H groups in total. The number of rotatable bonds is 1. The van der Waals surface area contributed by atoms with E-state index in [2.05, 4.69) is 0 Å². The number of nitrogens with zero attached hydrogens (tertiary/aromatic N) is 1. The number of benzene rings is 1. The number of hydrogen-bond acceptors (Lipinski definition) is 2. The standard InChI is InChI=1S/C14H11NO2/c1-15-8-4-6-11(15)14-9-12(16)10-5-2-3-7-13(10)17-14/h2-9H,1H3. The summed E-state index contributed by atoms with van der Waals surface area (Å²) in [6, 6.07) is 12.7. The molecule has 3 nitrogen and oxygen atoms in total. The van der Waals surface area contributed by atoms with Gasteiger partial charge in [0.25, 0.3) is 0 Å². The predicted octanol–water partition coefficient (Wildman–Crippen LogP) is 2.80. The lowest BCUT2D eigenvalue weighted by Crippen LogP contribution is -2.01. The van der Waals surface area contributed by atoms with Crippen LogP contribution in [-0.2, 0) is 7.05 Å².